The Kier molecular flexibility index (Phi) is 1.83. The van der Waals surface area contributed by atoms with E-state index in [0.717, 1.165) is 19.0 Å². The van der Waals surface area contributed by atoms with Gasteiger partial charge in [-0.1, -0.05) is 0 Å². The Bertz CT molecular complexity index is 203. The summed E-state index contributed by atoms with van der Waals surface area (Å²) in [5.74, 6) is 0.725. The molecule has 2 aliphatic rings. The van der Waals surface area contributed by atoms with Gasteiger partial charge >= 0.3 is 0 Å². The molecule has 1 aliphatic heterocycles. The van der Waals surface area contributed by atoms with E-state index in [1.165, 1.54) is 19.3 Å². The first-order valence-electron chi connectivity index (χ1n) is 4.61. The molecular formula is C9H16N2O. The maximum absolute atomic E-state index is 5.54. The topological polar surface area (TPSA) is 47.6 Å². The minimum atomic E-state index is 0.485. The van der Waals surface area contributed by atoms with Crippen molar-refractivity contribution in [1.29, 1.82) is 0 Å². The first-order chi connectivity index (χ1) is 5.73. The summed E-state index contributed by atoms with van der Waals surface area (Å²) in [5.41, 5.74) is 6.03. The van der Waals surface area contributed by atoms with Crippen molar-refractivity contribution in [2.45, 2.75) is 32.2 Å². The van der Waals surface area contributed by atoms with Gasteiger partial charge in [0.2, 0.25) is 0 Å². The van der Waals surface area contributed by atoms with E-state index >= 15 is 0 Å². The van der Waals surface area contributed by atoms with Gasteiger partial charge < -0.3 is 10.5 Å². The number of aliphatic imine (C=N–C) groups is 1. The van der Waals surface area contributed by atoms with Crippen molar-refractivity contribution in [3.8, 4) is 0 Å². The quantitative estimate of drug-likeness (QED) is 0.467. The second kappa shape index (κ2) is 2.73. The minimum absolute atomic E-state index is 0.485. The van der Waals surface area contributed by atoms with Crippen LogP contribution in [0.25, 0.3) is 0 Å². The smallest absolute Gasteiger partial charge is 0.0909 e. The van der Waals surface area contributed by atoms with Gasteiger partial charge in [-0.25, -0.2) is 0 Å². The Morgan fingerprint density at radius 3 is 2.75 bits per heavy atom. The Balaban J connectivity index is 1.95. The first kappa shape index (κ1) is 8.05. The summed E-state index contributed by atoms with van der Waals surface area (Å²) in [4.78, 5) is 4.40. The molecule has 1 heterocycles. The summed E-state index contributed by atoms with van der Waals surface area (Å²) in [6.07, 6.45) is 3.58. The molecule has 1 atom stereocenters. The van der Waals surface area contributed by atoms with E-state index < -0.39 is 0 Å². The molecule has 1 saturated heterocycles. The molecular weight excluding hydrogens is 152 g/mol. The number of ether oxygens (including phenoxy) is 1. The molecule has 0 aromatic carbocycles. The molecule has 68 valence electrons. The summed E-state index contributed by atoms with van der Waals surface area (Å²) in [6, 6.07) is 0.506. The fourth-order valence-corrected chi connectivity index (χ4v) is 2.07. The lowest BCUT2D eigenvalue weighted by molar-refractivity contribution is 0.0560. The lowest BCUT2D eigenvalue weighted by atomic mass is 9.96. The van der Waals surface area contributed by atoms with Crippen LogP contribution in [0.4, 0.5) is 0 Å². The predicted molar refractivity (Wildman–Crippen MR) is 48.2 cm³/mol. The van der Waals surface area contributed by atoms with Gasteiger partial charge in [-0.3, -0.25) is 4.99 Å². The van der Waals surface area contributed by atoms with E-state index in [4.69, 9.17) is 10.5 Å². The van der Waals surface area contributed by atoms with Crippen molar-refractivity contribution in [2.75, 3.05) is 13.2 Å². The highest BCUT2D eigenvalue weighted by Gasteiger charge is 2.54. The van der Waals surface area contributed by atoms with Gasteiger partial charge in [-0.05, 0) is 31.6 Å². The SMILES string of the molecule is CC(N)=NC1CC12CCOCC2. The lowest BCUT2D eigenvalue weighted by Gasteiger charge is -2.21. The fourth-order valence-electron chi connectivity index (χ4n) is 2.07. The van der Waals surface area contributed by atoms with E-state index in [9.17, 15) is 0 Å². The van der Waals surface area contributed by atoms with Crippen LogP contribution in [-0.2, 0) is 4.74 Å². The third-order valence-corrected chi connectivity index (χ3v) is 2.99. The number of rotatable bonds is 1. The molecule has 2 N–H and O–H groups in total. The average molecular weight is 168 g/mol. The summed E-state index contributed by atoms with van der Waals surface area (Å²) in [5, 5.41) is 0. The highest BCUT2D eigenvalue weighted by Crippen LogP contribution is 2.55. The summed E-state index contributed by atoms with van der Waals surface area (Å²) in [6.45, 7) is 3.69. The standard InChI is InChI=1S/C9H16N2O/c1-7(10)11-8-6-9(8)2-4-12-5-3-9/h8H,2-6H2,1H3,(H2,10,11). The Morgan fingerprint density at radius 1 is 1.50 bits per heavy atom. The van der Waals surface area contributed by atoms with Crippen LogP contribution < -0.4 is 5.73 Å². The van der Waals surface area contributed by atoms with Gasteiger partial charge in [0, 0.05) is 13.2 Å². The van der Waals surface area contributed by atoms with Crippen LogP contribution in [0.3, 0.4) is 0 Å². The van der Waals surface area contributed by atoms with Crippen molar-refractivity contribution in [2.24, 2.45) is 16.1 Å². The first-order valence-corrected chi connectivity index (χ1v) is 4.61. The largest absolute Gasteiger partial charge is 0.388 e. The minimum Gasteiger partial charge on any atom is -0.388 e. The molecule has 0 bridgehead atoms. The van der Waals surface area contributed by atoms with Gasteiger partial charge in [0.1, 0.15) is 0 Å². The average Bonchev–Trinajstić information content (AvgIpc) is 2.63. The molecule has 1 aliphatic carbocycles. The van der Waals surface area contributed by atoms with E-state index in [2.05, 4.69) is 4.99 Å². The van der Waals surface area contributed by atoms with Crippen LogP contribution in [-0.4, -0.2) is 25.1 Å². The molecule has 1 saturated carbocycles. The van der Waals surface area contributed by atoms with Crippen LogP contribution in [0.15, 0.2) is 4.99 Å². The van der Waals surface area contributed by atoms with Gasteiger partial charge in [0.25, 0.3) is 0 Å². The van der Waals surface area contributed by atoms with Crippen molar-refractivity contribution in [3.63, 3.8) is 0 Å². The van der Waals surface area contributed by atoms with Gasteiger partial charge in [-0.2, -0.15) is 0 Å². The molecule has 0 amide bonds. The number of nitrogens with zero attached hydrogens (tertiary/aromatic N) is 1. The molecule has 3 heteroatoms. The van der Waals surface area contributed by atoms with E-state index in [1.807, 2.05) is 6.92 Å². The van der Waals surface area contributed by atoms with Gasteiger partial charge in [-0.15, -0.1) is 0 Å². The molecule has 2 rings (SSSR count). The Labute approximate surface area is 73.0 Å². The molecule has 3 nitrogen and oxygen atoms in total. The van der Waals surface area contributed by atoms with Crippen LogP contribution in [0, 0.1) is 5.41 Å². The fraction of sp³-hybridized carbons (Fsp3) is 0.889. The third kappa shape index (κ3) is 1.33. The van der Waals surface area contributed by atoms with Crippen molar-refractivity contribution in [3.05, 3.63) is 0 Å². The van der Waals surface area contributed by atoms with Crippen LogP contribution in [0.5, 0.6) is 0 Å². The molecule has 0 radical (unpaired) electrons. The Hall–Kier alpha value is -0.570. The maximum atomic E-state index is 5.54. The number of hydrogen-bond donors (Lipinski definition) is 1. The molecule has 12 heavy (non-hydrogen) atoms. The molecule has 1 unspecified atom stereocenters. The Morgan fingerprint density at radius 2 is 2.17 bits per heavy atom. The second-order valence-corrected chi connectivity index (χ2v) is 3.97. The van der Waals surface area contributed by atoms with Gasteiger partial charge in [0.15, 0.2) is 0 Å². The predicted octanol–water partition coefficient (Wildman–Crippen LogP) is 0.933. The summed E-state index contributed by atoms with van der Waals surface area (Å²) >= 11 is 0. The maximum Gasteiger partial charge on any atom is 0.0909 e. The molecule has 2 fully saturated rings. The van der Waals surface area contributed by atoms with E-state index in [-0.39, 0.29) is 0 Å². The van der Waals surface area contributed by atoms with Crippen LogP contribution in [0.1, 0.15) is 26.2 Å². The molecule has 1 spiro atoms. The highest BCUT2D eigenvalue weighted by atomic mass is 16.5. The normalized spacial score (nSPS) is 33.8. The zero-order valence-corrected chi connectivity index (χ0v) is 7.55. The van der Waals surface area contributed by atoms with E-state index in [1.54, 1.807) is 0 Å². The van der Waals surface area contributed by atoms with Gasteiger partial charge in [0.05, 0.1) is 11.9 Å². The summed E-state index contributed by atoms with van der Waals surface area (Å²) in [7, 11) is 0. The molecule has 0 aromatic rings. The second-order valence-electron chi connectivity index (χ2n) is 3.97. The van der Waals surface area contributed by atoms with Crippen molar-refractivity contribution in [1.82, 2.24) is 0 Å². The van der Waals surface area contributed by atoms with Crippen molar-refractivity contribution >= 4 is 5.84 Å². The lowest BCUT2D eigenvalue weighted by Crippen LogP contribution is -2.20. The van der Waals surface area contributed by atoms with Crippen molar-refractivity contribution < 1.29 is 4.74 Å². The summed E-state index contributed by atoms with van der Waals surface area (Å²) < 4.78 is 5.32. The van der Waals surface area contributed by atoms with Crippen LogP contribution >= 0.6 is 0 Å². The monoisotopic (exact) mass is 168 g/mol. The third-order valence-electron chi connectivity index (χ3n) is 2.99. The van der Waals surface area contributed by atoms with E-state index in [0.29, 0.717) is 11.5 Å². The zero-order valence-electron chi connectivity index (χ0n) is 7.55. The number of nitrogens with two attached hydrogens (primary N) is 1. The zero-order chi connectivity index (χ0) is 8.60. The highest BCUT2D eigenvalue weighted by molar-refractivity contribution is 5.77. The molecule has 0 aromatic heterocycles. The van der Waals surface area contributed by atoms with Crippen LogP contribution in [0.2, 0.25) is 0 Å². The number of hydrogen-bond acceptors (Lipinski definition) is 2. The number of amidine groups is 1.